The molecule has 0 saturated heterocycles. The van der Waals surface area contributed by atoms with Crippen LogP contribution in [-0.4, -0.2) is 28.7 Å². The lowest BCUT2D eigenvalue weighted by molar-refractivity contribution is -0.123. The van der Waals surface area contributed by atoms with Gasteiger partial charge in [0.15, 0.2) is 6.61 Å². The lowest BCUT2D eigenvalue weighted by Gasteiger charge is -2.06. The number of para-hydroxylation sites is 2. The summed E-state index contributed by atoms with van der Waals surface area (Å²) in [5, 5.41) is 3.91. The van der Waals surface area contributed by atoms with Gasteiger partial charge in [-0.1, -0.05) is 54.6 Å². The molecular weight excluding hydrogens is 364 g/mol. The van der Waals surface area contributed by atoms with E-state index in [1.54, 1.807) is 6.20 Å². The molecule has 6 heteroatoms. The summed E-state index contributed by atoms with van der Waals surface area (Å²) in [6.45, 7) is -0.134. The molecule has 4 aromatic rings. The quantitative estimate of drug-likeness (QED) is 0.406. The molecule has 0 spiro atoms. The molecule has 0 aliphatic rings. The second-order valence-electron chi connectivity index (χ2n) is 6.26. The molecule has 142 valence electrons. The van der Waals surface area contributed by atoms with Gasteiger partial charge in [-0.2, -0.15) is 5.10 Å². The van der Waals surface area contributed by atoms with Crippen LogP contribution in [0, 0.1) is 0 Å². The van der Waals surface area contributed by atoms with Crippen molar-refractivity contribution in [3.63, 3.8) is 0 Å². The molecular formula is C23H18N4O2. The summed E-state index contributed by atoms with van der Waals surface area (Å²) in [6, 6.07) is 25.2. The second kappa shape index (κ2) is 8.75. The Morgan fingerprint density at radius 1 is 0.897 bits per heavy atom. The third-order valence-corrected chi connectivity index (χ3v) is 4.18. The van der Waals surface area contributed by atoms with Gasteiger partial charge in [0.25, 0.3) is 5.91 Å². The summed E-state index contributed by atoms with van der Waals surface area (Å²) in [5.41, 5.74) is 6.77. The monoisotopic (exact) mass is 382 g/mol. The Balaban J connectivity index is 1.29. The standard InChI is InChI=1S/C23H18N4O2/c28-23(27-25-15-19-14-24-21-8-4-5-9-22(21)26-19)16-29-20-12-10-18(11-13-20)17-6-2-1-3-7-17/h1-15H,16H2,(H,27,28)/b25-15-. The van der Waals surface area contributed by atoms with Crippen molar-refractivity contribution in [2.75, 3.05) is 6.61 Å². The maximum Gasteiger partial charge on any atom is 0.277 e. The number of carbonyl (C=O) groups is 1. The molecule has 0 aliphatic carbocycles. The SMILES string of the molecule is O=C(COc1ccc(-c2ccccc2)cc1)N/N=C\c1cnc2ccccc2n1. The average molecular weight is 382 g/mol. The molecule has 4 rings (SSSR count). The summed E-state index contributed by atoms with van der Waals surface area (Å²) in [6.07, 6.45) is 3.05. The normalized spacial score (nSPS) is 10.9. The van der Waals surface area contributed by atoms with Gasteiger partial charge in [0.1, 0.15) is 11.4 Å². The first-order chi connectivity index (χ1) is 14.3. The topological polar surface area (TPSA) is 76.5 Å². The van der Waals surface area contributed by atoms with Crippen LogP contribution >= 0.6 is 0 Å². The van der Waals surface area contributed by atoms with Crippen LogP contribution in [0.1, 0.15) is 5.69 Å². The van der Waals surface area contributed by atoms with Gasteiger partial charge < -0.3 is 4.74 Å². The first kappa shape index (κ1) is 18.3. The Bertz CT molecular complexity index is 1140. The van der Waals surface area contributed by atoms with Crippen molar-refractivity contribution in [2.24, 2.45) is 5.10 Å². The summed E-state index contributed by atoms with van der Waals surface area (Å²) in [4.78, 5) is 20.6. The van der Waals surface area contributed by atoms with Crippen LogP contribution < -0.4 is 10.2 Å². The van der Waals surface area contributed by atoms with E-state index in [4.69, 9.17) is 4.74 Å². The van der Waals surface area contributed by atoms with Gasteiger partial charge in [-0.05, 0) is 35.4 Å². The first-order valence-corrected chi connectivity index (χ1v) is 9.10. The van der Waals surface area contributed by atoms with Gasteiger partial charge >= 0.3 is 0 Å². The molecule has 0 bridgehead atoms. The van der Waals surface area contributed by atoms with Crippen LogP contribution in [0.5, 0.6) is 5.75 Å². The third kappa shape index (κ3) is 4.81. The van der Waals surface area contributed by atoms with E-state index in [-0.39, 0.29) is 12.5 Å². The Kier molecular flexibility index (Phi) is 5.53. The third-order valence-electron chi connectivity index (χ3n) is 4.18. The van der Waals surface area contributed by atoms with Crippen LogP contribution in [0.25, 0.3) is 22.2 Å². The molecule has 1 aromatic heterocycles. The number of rotatable bonds is 6. The van der Waals surface area contributed by atoms with Crippen molar-refractivity contribution < 1.29 is 9.53 Å². The van der Waals surface area contributed by atoms with E-state index in [1.807, 2.05) is 78.9 Å². The van der Waals surface area contributed by atoms with Crippen molar-refractivity contribution in [3.05, 3.63) is 90.8 Å². The molecule has 0 atom stereocenters. The maximum atomic E-state index is 11.9. The zero-order chi connectivity index (χ0) is 19.9. The molecule has 0 aliphatic heterocycles. The minimum atomic E-state index is -0.359. The lowest BCUT2D eigenvalue weighted by Crippen LogP contribution is -2.24. The molecule has 3 aromatic carbocycles. The average Bonchev–Trinajstić information content (AvgIpc) is 2.78. The van der Waals surface area contributed by atoms with E-state index >= 15 is 0 Å². The minimum absolute atomic E-state index is 0.134. The number of nitrogens with one attached hydrogen (secondary N) is 1. The fourth-order valence-electron chi connectivity index (χ4n) is 2.76. The highest BCUT2D eigenvalue weighted by molar-refractivity contribution is 5.84. The van der Waals surface area contributed by atoms with Crippen LogP contribution in [0.2, 0.25) is 0 Å². The first-order valence-electron chi connectivity index (χ1n) is 9.10. The predicted octanol–water partition coefficient (Wildman–Crippen LogP) is 3.83. The Labute approximate surface area is 167 Å². The van der Waals surface area contributed by atoms with Gasteiger partial charge in [-0.25, -0.2) is 10.4 Å². The van der Waals surface area contributed by atoms with E-state index in [1.165, 1.54) is 6.21 Å². The lowest BCUT2D eigenvalue weighted by atomic mass is 10.1. The number of nitrogens with zero attached hydrogens (tertiary/aromatic N) is 3. The number of carbonyl (C=O) groups excluding carboxylic acids is 1. The van der Waals surface area contributed by atoms with Crippen LogP contribution in [-0.2, 0) is 4.79 Å². The smallest absolute Gasteiger partial charge is 0.277 e. The molecule has 0 radical (unpaired) electrons. The zero-order valence-corrected chi connectivity index (χ0v) is 15.5. The van der Waals surface area contributed by atoms with Crippen molar-refractivity contribution in [2.45, 2.75) is 0 Å². The van der Waals surface area contributed by atoms with Gasteiger partial charge in [0.2, 0.25) is 0 Å². The Hall–Kier alpha value is -4.06. The number of hydrazone groups is 1. The minimum Gasteiger partial charge on any atom is -0.484 e. The molecule has 6 nitrogen and oxygen atoms in total. The molecule has 29 heavy (non-hydrogen) atoms. The molecule has 1 amide bonds. The summed E-state index contributed by atoms with van der Waals surface area (Å²) < 4.78 is 5.51. The molecule has 0 saturated carbocycles. The van der Waals surface area contributed by atoms with Crippen molar-refractivity contribution in [3.8, 4) is 16.9 Å². The highest BCUT2D eigenvalue weighted by Crippen LogP contribution is 2.21. The molecule has 1 N–H and O–H groups in total. The Morgan fingerprint density at radius 2 is 1.59 bits per heavy atom. The van der Waals surface area contributed by atoms with Crippen molar-refractivity contribution >= 4 is 23.2 Å². The summed E-state index contributed by atoms with van der Waals surface area (Å²) in [7, 11) is 0. The number of hydrogen-bond acceptors (Lipinski definition) is 5. The predicted molar refractivity (Wildman–Crippen MR) is 113 cm³/mol. The van der Waals surface area contributed by atoms with E-state index in [0.717, 1.165) is 22.2 Å². The largest absolute Gasteiger partial charge is 0.484 e. The number of amides is 1. The summed E-state index contributed by atoms with van der Waals surface area (Å²) >= 11 is 0. The van der Waals surface area contributed by atoms with Crippen LogP contribution in [0.15, 0.2) is 90.2 Å². The van der Waals surface area contributed by atoms with Crippen LogP contribution in [0.3, 0.4) is 0 Å². The Morgan fingerprint density at radius 3 is 2.38 bits per heavy atom. The van der Waals surface area contributed by atoms with E-state index in [9.17, 15) is 4.79 Å². The fraction of sp³-hybridized carbons (Fsp3) is 0.0435. The number of fused-ring (bicyclic) bond motifs is 1. The van der Waals surface area contributed by atoms with E-state index in [0.29, 0.717) is 11.4 Å². The molecule has 0 unspecified atom stereocenters. The van der Waals surface area contributed by atoms with Crippen LogP contribution in [0.4, 0.5) is 0 Å². The van der Waals surface area contributed by atoms with Crippen molar-refractivity contribution in [1.29, 1.82) is 0 Å². The summed E-state index contributed by atoms with van der Waals surface area (Å²) in [5.74, 6) is 0.256. The van der Waals surface area contributed by atoms with Gasteiger partial charge in [-0.15, -0.1) is 0 Å². The zero-order valence-electron chi connectivity index (χ0n) is 15.5. The highest BCUT2D eigenvalue weighted by atomic mass is 16.5. The number of hydrogen-bond donors (Lipinski definition) is 1. The van der Waals surface area contributed by atoms with E-state index in [2.05, 4.69) is 20.5 Å². The van der Waals surface area contributed by atoms with E-state index < -0.39 is 0 Å². The molecule has 0 fully saturated rings. The van der Waals surface area contributed by atoms with Gasteiger partial charge in [0, 0.05) is 0 Å². The van der Waals surface area contributed by atoms with Gasteiger partial charge in [0.05, 0.1) is 23.4 Å². The van der Waals surface area contributed by atoms with Crippen molar-refractivity contribution in [1.82, 2.24) is 15.4 Å². The number of aromatic nitrogens is 2. The fourth-order valence-corrected chi connectivity index (χ4v) is 2.76. The number of ether oxygens (including phenoxy) is 1. The van der Waals surface area contributed by atoms with Gasteiger partial charge in [-0.3, -0.25) is 9.78 Å². The second-order valence-corrected chi connectivity index (χ2v) is 6.26. The maximum absolute atomic E-state index is 11.9. The number of benzene rings is 3. The highest BCUT2D eigenvalue weighted by Gasteiger charge is 2.03. The molecule has 1 heterocycles.